The standard InChI is InChI=1S/C42H84NO7P/c1-6-8-10-12-14-16-18-19-20-21-22-23-24-25-26-27-29-31-33-35-42(44)50-41(40-49-51(45,46)48-38-36-43(3,4)5)39-47-37-34-32-30-28-17-15-13-11-9-7-2/h19-20,41H,6-18,21-40H2,1-5H3/p+1/b20-19-. The highest BCUT2D eigenvalue weighted by molar-refractivity contribution is 7.47. The van der Waals surface area contributed by atoms with Crippen molar-refractivity contribution in [3.8, 4) is 0 Å². The van der Waals surface area contributed by atoms with Crippen molar-refractivity contribution < 1.29 is 37.3 Å². The number of nitrogens with zero attached hydrogens (tertiary/aromatic N) is 1. The van der Waals surface area contributed by atoms with Gasteiger partial charge in [0, 0.05) is 13.0 Å². The summed E-state index contributed by atoms with van der Waals surface area (Å²) in [7, 11) is 1.67. The number of unbranched alkanes of at least 4 members (excludes halogenated alkanes) is 24. The fourth-order valence-electron chi connectivity index (χ4n) is 5.96. The normalized spacial score (nSPS) is 13.9. The molecule has 304 valence electrons. The number of esters is 1. The number of hydrogen-bond acceptors (Lipinski definition) is 6. The van der Waals surface area contributed by atoms with Crippen LogP contribution in [0.15, 0.2) is 12.2 Å². The van der Waals surface area contributed by atoms with Gasteiger partial charge in [-0.1, -0.05) is 161 Å². The van der Waals surface area contributed by atoms with Crippen LogP contribution in [-0.4, -0.2) is 75.6 Å². The molecule has 2 unspecified atom stereocenters. The van der Waals surface area contributed by atoms with E-state index in [2.05, 4.69) is 26.0 Å². The van der Waals surface area contributed by atoms with Gasteiger partial charge in [-0.3, -0.25) is 13.8 Å². The molecule has 0 aromatic carbocycles. The van der Waals surface area contributed by atoms with Crippen LogP contribution in [0.25, 0.3) is 0 Å². The highest BCUT2D eigenvalue weighted by Gasteiger charge is 2.26. The van der Waals surface area contributed by atoms with Crippen LogP contribution in [0.4, 0.5) is 0 Å². The summed E-state index contributed by atoms with van der Waals surface area (Å²) in [5.74, 6) is -0.314. The van der Waals surface area contributed by atoms with Crippen molar-refractivity contribution in [3.63, 3.8) is 0 Å². The van der Waals surface area contributed by atoms with Crippen LogP contribution < -0.4 is 0 Å². The molecular weight excluding hydrogens is 661 g/mol. The summed E-state index contributed by atoms with van der Waals surface area (Å²) in [4.78, 5) is 22.8. The van der Waals surface area contributed by atoms with E-state index < -0.39 is 13.9 Å². The Bertz CT molecular complexity index is 833. The molecule has 0 aliphatic carbocycles. The van der Waals surface area contributed by atoms with Crippen molar-refractivity contribution in [1.82, 2.24) is 0 Å². The molecule has 0 bridgehead atoms. The van der Waals surface area contributed by atoms with Gasteiger partial charge in [0.05, 0.1) is 34.4 Å². The summed E-state index contributed by atoms with van der Waals surface area (Å²) in [6.45, 7) is 5.64. The molecule has 0 heterocycles. The molecule has 0 aromatic rings. The van der Waals surface area contributed by atoms with Crippen LogP contribution in [0.5, 0.6) is 0 Å². The number of carbonyl (C=O) groups is 1. The van der Waals surface area contributed by atoms with Crippen molar-refractivity contribution in [2.45, 2.75) is 200 Å². The second kappa shape index (κ2) is 36.2. The van der Waals surface area contributed by atoms with Gasteiger partial charge in [0.2, 0.25) is 0 Å². The molecule has 0 aliphatic heterocycles. The van der Waals surface area contributed by atoms with Crippen LogP contribution in [0.1, 0.15) is 194 Å². The molecule has 0 radical (unpaired) electrons. The van der Waals surface area contributed by atoms with Crippen LogP contribution in [-0.2, 0) is 27.9 Å². The quantitative estimate of drug-likeness (QED) is 0.0219. The Hall–Kier alpha value is -0.760. The molecule has 0 spiro atoms. The Kier molecular flexibility index (Phi) is 35.7. The third-order valence-corrected chi connectivity index (χ3v) is 10.3. The molecule has 8 nitrogen and oxygen atoms in total. The monoisotopic (exact) mass is 747 g/mol. The molecule has 51 heavy (non-hydrogen) atoms. The van der Waals surface area contributed by atoms with Crippen molar-refractivity contribution in [3.05, 3.63) is 12.2 Å². The number of rotatable bonds is 40. The number of hydrogen-bond donors (Lipinski definition) is 1. The van der Waals surface area contributed by atoms with Crippen LogP contribution in [0, 0.1) is 0 Å². The zero-order chi connectivity index (χ0) is 37.7. The second-order valence-electron chi connectivity index (χ2n) is 15.7. The van der Waals surface area contributed by atoms with Crippen molar-refractivity contribution in [2.24, 2.45) is 0 Å². The molecule has 0 saturated carbocycles. The average Bonchev–Trinajstić information content (AvgIpc) is 3.08. The molecule has 0 saturated heterocycles. The van der Waals surface area contributed by atoms with E-state index in [4.69, 9.17) is 18.5 Å². The summed E-state index contributed by atoms with van der Waals surface area (Å²) in [6.07, 6.45) is 38.1. The highest BCUT2D eigenvalue weighted by Crippen LogP contribution is 2.43. The fourth-order valence-corrected chi connectivity index (χ4v) is 6.70. The third-order valence-electron chi connectivity index (χ3n) is 9.33. The van der Waals surface area contributed by atoms with Crippen LogP contribution in [0.2, 0.25) is 0 Å². The molecule has 0 rings (SSSR count). The molecule has 0 aromatic heterocycles. The van der Waals surface area contributed by atoms with Crippen molar-refractivity contribution in [1.29, 1.82) is 0 Å². The van der Waals surface area contributed by atoms with E-state index in [1.807, 2.05) is 21.1 Å². The lowest BCUT2D eigenvalue weighted by Crippen LogP contribution is -2.37. The number of allylic oxidation sites excluding steroid dienone is 2. The largest absolute Gasteiger partial charge is 0.472 e. The van der Waals surface area contributed by atoms with Crippen molar-refractivity contribution in [2.75, 3.05) is 54.1 Å². The Morgan fingerprint density at radius 3 is 1.49 bits per heavy atom. The number of phosphoric ester groups is 1. The average molecular weight is 747 g/mol. The van der Waals surface area contributed by atoms with Gasteiger partial charge in [-0.05, 0) is 38.5 Å². The first kappa shape index (κ1) is 50.2. The van der Waals surface area contributed by atoms with E-state index in [1.165, 1.54) is 141 Å². The molecular formula is C42H85NO7P+. The topological polar surface area (TPSA) is 91.3 Å². The number of ether oxygens (including phenoxy) is 2. The Morgan fingerprint density at radius 1 is 0.588 bits per heavy atom. The number of likely N-dealkylation sites (N-methyl/N-ethyl adjacent to an activating group) is 1. The lowest BCUT2D eigenvalue weighted by Gasteiger charge is -2.24. The lowest BCUT2D eigenvalue weighted by molar-refractivity contribution is -0.870. The van der Waals surface area contributed by atoms with Gasteiger partial charge in [0.15, 0.2) is 0 Å². The molecule has 0 aliphatic rings. The van der Waals surface area contributed by atoms with Crippen LogP contribution >= 0.6 is 7.82 Å². The van der Waals surface area contributed by atoms with E-state index in [9.17, 15) is 14.3 Å². The number of phosphoric acid groups is 1. The summed E-state index contributed by atoms with van der Waals surface area (Å²) in [5, 5.41) is 0. The van der Waals surface area contributed by atoms with Crippen LogP contribution in [0.3, 0.4) is 0 Å². The Balaban J connectivity index is 4.16. The summed E-state index contributed by atoms with van der Waals surface area (Å²) >= 11 is 0. The summed E-state index contributed by atoms with van der Waals surface area (Å²) in [5.41, 5.74) is 0. The molecule has 9 heteroatoms. The SMILES string of the molecule is CCCCCCCC/C=C\CCCCCCCCCCCC(=O)OC(COCCCCCCCCCCCC)COP(=O)(O)OCC[N+](C)(C)C. The number of carbonyl (C=O) groups excluding carboxylic acids is 1. The first-order chi connectivity index (χ1) is 24.6. The first-order valence-electron chi connectivity index (χ1n) is 21.4. The van der Waals surface area contributed by atoms with Gasteiger partial charge in [-0.15, -0.1) is 0 Å². The lowest BCUT2D eigenvalue weighted by atomic mass is 10.1. The fraction of sp³-hybridized carbons (Fsp3) is 0.929. The predicted octanol–water partition coefficient (Wildman–Crippen LogP) is 12.3. The third kappa shape index (κ3) is 40.3. The minimum Gasteiger partial charge on any atom is -0.457 e. The van der Waals surface area contributed by atoms with Crippen molar-refractivity contribution >= 4 is 13.8 Å². The summed E-state index contributed by atoms with van der Waals surface area (Å²) < 4.78 is 34.9. The maximum Gasteiger partial charge on any atom is 0.472 e. The predicted molar refractivity (Wildman–Crippen MR) is 215 cm³/mol. The Labute approximate surface area is 316 Å². The smallest absolute Gasteiger partial charge is 0.457 e. The molecule has 0 amide bonds. The van der Waals surface area contributed by atoms with E-state index in [-0.39, 0.29) is 25.8 Å². The maximum atomic E-state index is 12.7. The summed E-state index contributed by atoms with van der Waals surface area (Å²) in [6, 6.07) is 0. The van der Waals surface area contributed by atoms with E-state index in [0.29, 0.717) is 24.1 Å². The van der Waals surface area contributed by atoms with Gasteiger partial charge in [-0.25, -0.2) is 4.57 Å². The van der Waals surface area contributed by atoms with E-state index in [0.717, 1.165) is 32.1 Å². The second-order valence-corrected chi connectivity index (χ2v) is 17.2. The minimum absolute atomic E-state index is 0.0912. The zero-order valence-corrected chi connectivity index (χ0v) is 35.3. The first-order valence-corrected chi connectivity index (χ1v) is 22.9. The molecule has 1 N–H and O–H groups in total. The number of quaternary nitrogens is 1. The maximum absolute atomic E-state index is 12.7. The zero-order valence-electron chi connectivity index (χ0n) is 34.4. The van der Waals surface area contributed by atoms with Gasteiger partial charge in [0.1, 0.15) is 19.3 Å². The van der Waals surface area contributed by atoms with Gasteiger partial charge in [0.25, 0.3) is 0 Å². The highest BCUT2D eigenvalue weighted by atomic mass is 31.2. The minimum atomic E-state index is -4.26. The molecule has 0 fully saturated rings. The van der Waals surface area contributed by atoms with Gasteiger partial charge >= 0.3 is 13.8 Å². The van der Waals surface area contributed by atoms with E-state index in [1.54, 1.807) is 0 Å². The van der Waals surface area contributed by atoms with Gasteiger partial charge in [-0.2, -0.15) is 0 Å². The van der Waals surface area contributed by atoms with E-state index >= 15 is 0 Å². The van der Waals surface area contributed by atoms with Gasteiger partial charge < -0.3 is 18.9 Å². The molecule has 2 atom stereocenters. The Morgan fingerprint density at radius 2 is 1.02 bits per heavy atom.